The van der Waals surface area contributed by atoms with E-state index in [1.165, 1.54) is 22.7 Å². The summed E-state index contributed by atoms with van der Waals surface area (Å²) in [7, 11) is -3.47. The van der Waals surface area contributed by atoms with Crippen molar-refractivity contribution in [1.82, 2.24) is 19.7 Å². The topological polar surface area (TPSA) is 134 Å². The monoisotopic (exact) mass is 436 g/mol. The van der Waals surface area contributed by atoms with Crippen LogP contribution in [0.5, 0.6) is 0 Å². The van der Waals surface area contributed by atoms with E-state index in [0.717, 1.165) is 5.56 Å². The van der Waals surface area contributed by atoms with Gasteiger partial charge in [-0.3, -0.25) is 10.1 Å². The summed E-state index contributed by atoms with van der Waals surface area (Å²) in [5.74, 6) is 0.502. The van der Waals surface area contributed by atoms with Crippen LogP contribution in [0, 0.1) is 10.1 Å². The molecule has 0 atom stereocenters. The Morgan fingerprint density at radius 3 is 2.50 bits per heavy atom. The number of sulfonamides is 1. The number of piperazine rings is 1. The summed E-state index contributed by atoms with van der Waals surface area (Å²) in [5.41, 5.74) is 1.28. The lowest BCUT2D eigenvalue weighted by Crippen LogP contribution is -2.53. The number of nitro groups is 1. The van der Waals surface area contributed by atoms with Gasteiger partial charge in [0.1, 0.15) is 12.0 Å². The number of rotatable bonds is 7. The van der Waals surface area contributed by atoms with E-state index in [-0.39, 0.29) is 11.4 Å². The first-order valence-electron chi connectivity index (χ1n) is 9.52. The summed E-state index contributed by atoms with van der Waals surface area (Å²) in [6.45, 7) is 4.70. The number of benzene rings is 1. The van der Waals surface area contributed by atoms with Crippen molar-refractivity contribution in [2.45, 2.75) is 19.2 Å². The van der Waals surface area contributed by atoms with E-state index in [2.05, 4.69) is 15.5 Å². The van der Waals surface area contributed by atoms with Crippen molar-refractivity contribution < 1.29 is 17.9 Å². The molecule has 11 nitrogen and oxygen atoms in total. The first kappa shape index (κ1) is 21.7. The van der Waals surface area contributed by atoms with Crippen molar-refractivity contribution >= 4 is 21.7 Å². The van der Waals surface area contributed by atoms with Crippen LogP contribution in [0.25, 0.3) is 0 Å². The average molecular weight is 436 g/mol. The van der Waals surface area contributed by atoms with Gasteiger partial charge in [0.2, 0.25) is 10.0 Å². The van der Waals surface area contributed by atoms with Crippen molar-refractivity contribution in [3.8, 4) is 0 Å². The van der Waals surface area contributed by atoms with Crippen molar-refractivity contribution in [1.29, 1.82) is 0 Å². The molecule has 0 bridgehead atoms. The predicted molar refractivity (Wildman–Crippen MR) is 110 cm³/mol. The number of hydrogen-bond donors (Lipinski definition) is 1. The SMILES string of the molecule is CCNC(=NCc1ccc([N+](=O)[O-])cc1)N1CCN(S(=O)(=O)Cc2ccon2)CC1. The molecule has 0 unspecified atom stereocenters. The third-order valence-corrected chi connectivity index (χ3v) is 6.46. The molecule has 1 aromatic heterocycles. The Balaban J connectivity index is 1.60. The number of aliphatic imine (C=N–C) groups is 1. The van der Waals surface area contributed by atoms with E-state index in [1.54, 1.807) is 18.2 Å². The minimum atomic E-state index is -3.47. The summed E-state index contributed by atoms with van der Waals surface area (Å²) >= 11 is 0. The molecular formula is C18H24N6O5S. The van der Waals surface area contributed by atoms with Gasteiger partial charge in [-0.25, -0.2) is 13.4 Å². The van der Waals surface area contributed by atoms with Gasteiger partial charge in [0.15, 0.2) is 5.96 Å². The van der Waals surface area contributed by atoms with Gasteiger partial charge in [0, 0.05) is 50.9 Å². The molecule has 1 saturated heterocycles. The fourth-order valence-corrected chi connectivity index (χ4v) is 4.51. The standard InChI is InChI=1S/C18H24N6O5S/c1-2-19-18(20-13-15-3-5-17(6-4-15)24(25)26)22-8-10-23(11-9-22)30(27,28)14-16-7-12-29-21-16/h3-7,12H,2,8-11,13-14H2,1H3,(H,19,20). The lowest BCUT2D eigenvalue weighted by atomic mass is 10.2. The van der Waals surface area contributed by atoms with E-state index >= 15 is 0 Å². The van der Waals surface area contributed by atoms with Crippen LogP contribution in [0.15, 0.2) is 46.1 Å². The number of guanidine groups is 1. The maximum atomic E-state index is 12.6. The molecule has 2 heterocycles. The van der Waals surface area contributed by atoms with E-state index in [0.29, 0.717) is 50.9 Å². The van der Waals surface area contributed by atoms with Crippen LogP contribution in [-0.2, 0) is 22.3 Å². The Labute approximate surface area is 174 Å². The molecule has 1 aromatic carbocycles. The summed E-state index contributed by atoms with van der Waals surface area (Å²) < 4.78 is 31.3. The van der Waals surface area contributed by atoms with E-state index < -0.39 is 14.9 Å². The summed E-state index contributed by atoms with van der Waals surface area (Å²) in [5, 5.41) is 17.7. The molecule has 0 saturated carbocycles. The summed E-state index contributed by atoms with van der Waals surface area (Å²) in [6.07, 6.45) is 1.35. The van der Waals surface area contributed by atoms with Crippen molar-refractivity contribution in [2.75, 3.05) is 32.7 Å². The number of nitrogens with one attached hydrogen (secondary N) is 1. The molecule has 2 aromatic rings. The van der Waals surface area contributed by atoms with Gasteiger partial charge in [-0.15, -0.1) is 0 Å². The third-order valence-electron chi connectivity index (χ3n) is 4.65. The zero-order chi connectivity index (χ0) is 21.6. The molecule has 0 amide bonds. The summed E-state index contributed by atoms with van der Waals surface area (Å²) in [4.78, 5) is 16.9. The van der Waals surface area contributed by atoms with Crippen LogP contribution < -0.4 is 5.32 Å². The zero-order valence-electron chi connectivity index (χ0n) is 16.6. The normalized spacial score (nSPS) is 15.9. The molecule has 0 spiro atoms. The van der Waals surface area contributed by atoms with Crippen LogP contribution in [0.1, 0.15) is 18.2 Å². The maximum absolute atomic E-state index is 12.6. The Morgan fingerprint density at radius 2 is 1.93 bits per heavy atom. The number of nitro benzene ring substituents is 1. The highest BCUT2D eigenvalue weighted by molar-refractivity contribution is 7.88. The highest BCUT2D eigenvalue weighted by atomic mass is 32.2. The number of hydrogen-bond acceptors (Lipinski definition) is 7. The van der Waals surface area contributed by atoms with E-state index in [4.69, 9.17) is 4.52 Å². The maximum Gasteiger partial charge on any atom is 0.269 e. The molecular weight excluding hydrogens is 412 g/mol. The highest BCUT2D eigenvalue weighted by Crippen LogP contribution is 2.14. The van der Waals surface area contributed by atoms with Crippen molar-refractivity contribution in [3.63, 3.8) is 0 Å². The molecule has 1 N–H and O–H groups in total. The van der Waals surface area contributed by atoms with Crippen LogP contribution in [-0.4, -0.2) is 66.4 Å². The lowest BCUT2D eigenvalue weighted by Gasteiger charge is -2.35. The molecule has 162 valence electrons. The first-order valence-corrected chi connectivity index (χ1v) is 11.1. The van der Waals surface area contributed by atoms with Gasteiger partial charge in [-0.1, -0.05) is 17.3 Å². The second kappa shape index (κ2) is 9.67. The quantitative estimate of drug-likeness (QED) is 0.296. The van der Waals surface area contributed by atoms with Crippen LogP contribution in [0.3, 0.4) is 0 Å². The second-order valence-electron chi connectivity index (χ2n) is 6.73. The smallest absolute Gasteiger partial charge is 0.269 e. The number of nitrogens with zero attached hydrogens (tertiary/aromatic N) is 5. The average Bonchev–Trinajstić information content (AvgIpc) is 3.24. The van der Waals surface area contributed by atoms with Gasteiger partial charge in [0.05, 0.1) is 17.2 Å². The first-order chi connectivity index (χ1) is 14.4. The Morgan fingerprint density at radius 1 is 1.23 bits per heavy atom. The number of aromatic nitrogens is 1. The number of non-ortho nitro benzene ring substituents is 1. The molecule has 1 aliphatic heterocycles. The van der Waals surface area contributed by atoms with Gasteiger partial charge in [0.25, 0.3) is 5.69 Å². The van der Waals surface area contributed by atoms with E-state index in [9.17, 15) is 18.5 Å². The molecule has 12 heteroatoms. The highest BCUT2D eigenvalue weighted by Gasteiger charge is 2.29. The van der Waals surface area contributed by atoms with Crippen molar-refractivity contribution in [3.05, 3.63) is 58.0 Å². The van der Waals surface area contributed by atoms with Crippen molar-refractivity contribution in [2.24, 2.45) is 4.99 Å². The molecule has 1 fully saturated rings. The Bertz CT molecular complexity index is 967. The predicted octanol–water partition coefficient (Wildman–Crippen LogP) is 1.20. The molecule has 30 heavy (non-hydrogen) atoms. The molecule has 0 aliphatic carbocycles. The summed E-state index contributed by atoms with van der Waals surface area (Å²) in [6, 6.07) is 7.81. The molecule has 3 rings (SSSR count). The van der Waals surface area contributed by atoms with Gasteiger partial charge in [-0.05, 0) is 12.5 Å². The molecule has 0 radical (unpaired) electrons. The van der Waals surface area contributed by atoms with Crippen LogP contribution in [0.2, 0.25) is 0 Å². The van der Waals surface area contributed by atoms with Gasteiger partial charge >= 0.3 is 0 Å². The van der Waals surface area contributed by atoms with Crippen LogP contribution in [0.4, 0.5) is 5.69 Å². The fourth-order valence-electron chi connectivity index (χ4n) is 3.08. The third kappa shape index (κ3) is 5.54. The second-order valence-corrected chi connectivity index (χ2v) is 8.70. The zero-order valence-corrected chi connectivity index (χ0v) is 17.4. The Kier molecular flexibility index (Phi) is 7.00. The Hall–Kier alpha value is -2.99. The largest absolute Gasteiger partial charge is 0.364 e. The minimum absolute atomic E-state index is 0.0394. The van der Waals surface area contributed by atoms with E-state index in [1.807, 2.05) is 11.8 Å². The van der Waals surface area contributed by atoms with Crippen LogP contribution >= 0.6 is 0 Å². The molecule has 1 aliphatic rings. The van der Waals surface area contributed by atoms with Gasteiger partial charge < -0.3 is 14.7 Å². The van der Waals surface area contributed by atoms with Gasteiger partial charge in [-0.2, -0.15) is 4.31 Å². The minimum Gasteiger partial charge on any atom is -0.364 e. The lowest BCUT2D eigenvalue weighted by molar-refractivity contribution is -0.384. The fraction of sp³-hybridized carbons (Fsp3) is 0.444.